The van der Waals surface area contributed by atoms with Gasteiger partial charge in [-0.1, -0.05) is 67.4 Å². The number of alkyl halides is 3. The summed E-state index contributed by atoms with van der Waals surface area (Å²) in [6.45, 7) is 3.88. The van der Waals surface area contributed by atoms with E-state index >= 15 is 0 Å². The Labute approximate surface area is 179 Å². The van der Waals surface area contributed by atoms with Crippen LogP contribution in [0.5, 0.6) is 0 Å². The number of nitrogens with zero attached hydrogens (tertiary/aromatic N) is 1. The molecule has 1 fully saturated rings. The van der Waals surface area contributed by atoms with Crippen LogP contribution in [-0.2, 0) is 6.18 Å². The highest BCUT2D eigenvalue weighted by atomic mass is 35.5. The van der Waals surface area contributed by atoms with Crippen LogP contribution < -0.4 is 5.32 Å². The minimum atomic E-state index is -4.64. The highest BCUT2D eigenvalue weighted by Gasteiger charge is 2.45. The molecule has 0 saturated heterocycles. The zero-order valence-electron chi connectivity index (χ0n) is 16.7. The number of halogens is 4. The highest BCUT2D eigenvalue weighted by Crippen LogP contribution is 2.44. The maximum atomic E-state index is 13.2. The molecule has 1 N–H and O–H groups in total. The van der Waals surface area contributed by atoms with Crippen LogP contribution in [0.2, 0.25) is 5.02 Å². The summed E-state index contributed by atoms with van der Waals surface area (Å²) in [5, 5.41) is 2.40. The number of carbonyl (C=O) groups is 1. The van der Waals surface area contributed by atoms with E-state index in [4.69, 9.17) is 11.6 Å². The van der Waals surface area contributed by atoms with E-state index < -0.39 is 34.3 Å². The Morgan fingerprint density at radius 1 is 1.17 bits per heavy atom. The predicted molar refractivity (Wildman–Crippen MR) is 112 cm³/mol. The van der Waals surface area contributed by atoms with Crippen LogP contribution >= 0.6 is 11.6 Å². The lowest BCUT2D eigenvalue weighted by Crippen LogP contribution is -2.52. The second kappa shape index (κ2) is 8.72. The van der Waals surface area contributed by atoms with E-state index in [2.05, 4.69) is 11.9 Å². The third kappa shape index (κ3) is 4.19. The Morgan fingerprint density at radius 2 is 1.80 bits per heavy atom. The second-order valence-electron chi connectivity index (χ2n) is 7.59. The predicted octanol–water partition coefficient (Wildman–Crippen LogP) is 6.22. The molecule has 0 bridgehead atoms. The van der Waals surface area contributed by atoms with Gasteiger partial charge < -0.3 is 10.2 Å². The molecule has 1 saturated carbocycles. The van der Waals surface area contributed by atoms with Gasteiger partial charge in [-0.15, -0.1) is 0 Å². The maximum absolute atomic E-state index is 13.2. The second-order valence-corrected chi connectivity index (χ2v) is 7.96. The first-order chi connectivity index (χ1) is 14.2. The summed E-state index contributed by atoms with van der Waals surface area (Å²) in [6.07, 6.45) is 0.716. The Morgan fingerprint density at radius 3 is 2.37 bits per heavy atom. The number of nitrogens with one attached hydrogen (secondary N) is 1. The minimum absolute atomic E-state index is 0.193. The summed E-state index contributed by atoms with van der Waals surface area (Å²) in [6, 6.07) is 12.4. The number of hydrogen-bond acceptors (Lipinski definition) is 2. The van der Waals surface area contributed by atoms with E-state index in [0.29, 0.717) is 0 Å². The van der Waals surface area contributed by atoms with Crippen LogP contribution in [-0.4, -0.2) is 23.4 Å². The molecule has 2 aromatic rings. The largest absolute Gasteiger partial charge is 0.417 e. The molecule has 1 unspecified atom stereocenters. The summed E-state index contributed by atoms with van der Waals surface area (Å²) >= 11 is 5.99. The Kier molecular flexibility index (Phi) is 6.46. The zero-order valence-corrected chi connectivity index (χ0v) is 17.4. The van der Waals surface area contributed by atoms with E-state index in [0.717, 1.165) is 37.3 Å². The van der Waals surface area contributed by atoms with Crippen molar-refractivity contribution >= 4 is 17.5 Å². The molecule has 0 aliphatic heterocycles. The van der Waals surface area contributed by atoms with Gasteiger partial charge in [-0.25, -0.2) is 0 Å². The smallest absolute Gasteiger partial charge is 0.373 e. The number of likely N-dealkylation sites (N-methyl/N-ethyl adjacent to an activating group) is 1. The Balaban J connectivity index is 2.03. The molecule has 3 rings (SSSR count). The summed E-state index contributed by atoms with van der Waals surface area (Å²) in [5.41, 5.74) is -0.759. The van der Waals surface area contributed by atoms with Crippen molar-refractivity contribution < 1.29 is 18.0 Å². The van der Waals surface area contributed by atoms with E-state index in [9.17, 15) is 18.0 Å². The van der Waals surface area contributed by atoms with E-state index in [1.165, 1.54) is 12.1 Å². The zero-order chi connectivity index (χ0) is 21.9. The first-order valence-electron chi connectivity index (χ1n) is 9.78. The topological polar surface area (TPSA) is 32.3 Å². The monoisotopic (exact) mass is 436 g/mol. The molecule has 0 aromatic heterocycles. The fraction of sp³-hybridized carbons (Fsp3) is 0.348. The van der Waals surface area contributed by atoms with Crippen LogP contribution in [0.1, 0.15) is 53.2 Å². The van der Waals surface area contributed by atoms with Gasteiger partial charge in [-0.05, 0) is 36.7 Å². The lowest BCUT2D eigenvalue weighted by atomic mass is 9.82. The third-order valence-corrected chi connectivity index (χ3v) is 6.35. The molecule has 3 nitrogen and oxygen atoms in total. The first kappa shape index (κ1) is 22.2. The van der Waals surface area contributed by atoms with E-state index in [1.54, 1.807) is 6.20 Å². The average molecular weight is 437 g/mol. The summed E-state index contributed by atoms with van der Waals surface area (Å²) in [7, 11) is 1.91. The van der Waals surface area contributed by atoms with Gasteiger partial charge in [0.25, 0.3) is 5.91 Å². The van der Waals surface area contributed by atoms with Crippen LogP contribution in [0.3, 0.4) is 0 Å². The van der Waals surface area contributed by atoms with Gasteiger partial charge in [-0.2, -0.15) is 13.2 Å². The Bertz CT molecular complexity index is 908. The van der Waals surface area contributed by atoms with Crippen molar-refractivity contribution in [2.75, 3.05) is 7.05 Å². The van der Waals surface area contributed by atoms with Gasteiger partial charge in [0, 0.05) is 7.05 Å². The fourth-order valence-corrected chi connectivity index (χ4v) is 4.64. The van der Waals surface area contributed by atoms with Gasteiger partial charge in [0.05, 0.1) is 27.7 Å². The molecule has 7 heteroatoms. The van der Waals surface area contributed by atoms with Gasteiger partial charge in [0.1, 0.15) is 0 Å². The van der Waals surface area contributed by atoms with Crippen molar-refractivity contribution in [3.8, 4) is 0 Å². The van der Waals surface area contributed by atoms with Gasteiger partial charge in [0.2, 0.25) is 0 Å². The third-order valence-electron chi connectivity index (χ3n) is 5.94. The van der Waals surface area contributed by atoms with Crippen LogP contribution in [0, 0.1) is 0 Å². The molecule has 30 heavy (non-hydrogen) atoms. The first-order valence-corrected chi connectivity index (χ1v) is 10.2. The van der Waals surface area contributed by atoms with Gasteiger partial charge in [-0.3, -0.25) is 4.79 Å². The number of carbonyl (C=O) groups excluding carboxylic acids is 1. The average Bonchev–Trinajstić information content (AvgIpc) is 3.22. The number of benzene rings is 2. The summed E-state index contributed by atoms with van der Waals surface area (Å²) in [5.74, 6) is -0.635. The molecule has 160 valence electrons. The lowest BCUT2D eigenvalue weighted by Gasteiger charge is -2.45. The fourth-order valence-electron chi connectivity index (χ4n) is 4.32. The molecule has 1 atom stereocenters. The van der Waals surface area contributed by atoms with Crippen molar-refractivity contribution in [1.82, 2.24) is 10.2 Å². The van der Waals surface area contributed by atoms with Gasteiger partial charge in [0.15, 0.2) is 0 Å². The quantitative estimate of drug-likeness (QED) is 0.583. The van der Waals surface area contributed by atoms with Crippen LogP contribution in [0.15, 0.2) is 61.3 Å². The maximum Gasteiger partial charge on any atom is 0.417 e. The van der Waals surface area contributed by atoms with Crippen molar-refractivity contribution in [3.05, 3.63) is 83.0 Å². The Hall–Kier alpha value is -2.47. The van der Waals surface area contributed by atoms with Crippen LogP contribution in [0.25, 0.3) is 0 Å². The van der Waals surface area contributed by atoms with E-state index in [1.807, 2.05) is 42.3 Å². The molecular weight excluding hydrogens is 413 g/mol. The summed E-state index contributed by atoms with van der Waals surface area (Å²) < 4.78 is 39.7. The van der Waals surface area contributed by atoms with Crippen molar-refractivity contribution in [1.29, 1.82) is 0 Å². The highest BCUT2D eigenvalue weighted by molar-refractivity contribution is 6.34. The molecule has 1 aliphatic rings. The molecule has 0 heterocycles. The van der Waals surface area contributed by atoms with E-state index in [-0.39, 0.29) is 5.56 Å². The van der Waals surface area contributed by atoms with Crippen molar-refractivity contribution in [3.63, 3.8) is 0 Å². The summed E-state index contributed by atoms with van der Waals surface area (Å²) in [4.78, 5) is 15.1. The van der Waals surface area contributed by atoms with Crippen molar-refractivity contribution in [2.45, 2.75) is 43.4 Å². The molecule has 1 amide bonds. The van der Waals surface area contributed by atoms with Gasteiger partial charge >= 0.3 is 6.18 Å². The lowest BCUT2D eigenvalue weighted by molar-refractivity contribution is -0.137. The molecule has 1 aliphatic carbocycles. The number of rotatable bonds is 6. The molecule has 2 aromatic carbocycles. The standard InChI is InChI=1S/C23H24ClF3N2O/c1-3-29(2)22(14-7-8-15-22)20(16-10-5-4-6-11-16)28-21(30)17-12-9-13-18(19(17)24)23(25,26)27/h3-6,9-13,20H,1,7-8,14-15H2,2H3,(H,28,30). The number of hydrogen-bond donors (Lipinski definition) is 1. The molecule has 0 spiro atoms. The normalized spacial score (nSPS) is 16.7. The molecular formula is C23H24ClF3N2O. The SMILES string of the molecule is C=CN(C)C1(C(NC(=O)c2cccc(C(F)(F)F)c2Cl)c2ccccc2)CCCC1. The van der Waals surface area contributed by atoms with Crippen LogP contribution in [0.4, 0.5) is 13.2 Å². The molecule has 0 radical (unpaired) electrons. The minimum Gasteiger partial charge on any atom is -0.373 e. The van der Waals surface area contributed by atoms with Crippen molar-refractivity contribution in [2.24, 2.45) is 0 Å². The number of amides is 1.